The van der Waals surface area contributed by atoms with Gasteiger partial charge >= 0.3 is 0 Å². The maximum atomic E-state index is 13.7. The summed E-state index contributed by atoms with van der Waals surface area (Å²) in [5.41, 5.74) is 2.76. The number of rotatable bonds is 5. The third-order valence-corrected chi connectivity index (χ3v) is 7.15. The summed E-state index contributed by atoms with van der Waals surface area (Å²) in [6.45, 7) is 8.77. The molecule has 2 amide bonds. The summed E-state index contributed by atoms with van der Waals surface area (Å²) in [4.78, 5) is 33.9. The zero-order valence-electron chi connectivity index (χ0n) is 20.3. The number of nitrogens with zero attached hydrogens (tertiary/aromatic N) is 2. The summed E-state index contributed by atoms with van der Waals surface area (Å²) in [6.07, 6.45) is 0.0221. The van der Waals surface area contributed by atoms with E-state index >= 15 is 0 Å². The molecule has 7 heteroatoms. The summed E-state index contributed by atoms with van der Waals surface area (Å²) >= 11 is 0. The van der Waals surface area contributed by atoms with E-state index in [1.165, 1.54) is 0 Å². The van der Waals surface area contributed by atoms with Gasteiger partial charge in [0.1, 0.15) is 0 Å². The lowest BCUT2D eigenvalue weighted by Crippen LogP contribution is -2.67. The van der Waals surface area contributed by atoms with Crippen LogP contribution in [0.4, 0.5) is 0 Å². The highest BCUT2D eigenvalue weighted by atomic mass is 16.5. The number of nitrogens with one attached hydrogen (secondary N) is 1. The Morgan fingerprint density at radius 2 is 1.91 bits per heavy atom. The average Bonchev–Trinajstić information content (AvgIpc) is 3.22. The largest absolute Gasteiger partial charge is 0.493 e. The molecule has 0 radical (unpaired) electrons. The van der Waals surface area contributed by atoms with Crippen LogP contribution < -0.4 is 9.47 Å². The van der Waals surface area contributed by atoms with Gasteiger partial charge in [0.05, 0.1) is 25.5 Å². The maximum absolute atomic E-state index is 13.7. The highest BCUT2D eigenvalue weighted by Crippen LogP contribution is 2.48. The summed E-state index contributed by atoms with van der Waals surface area (Å²) < 4.78 is 11.6. The number of ether oxygens (including phenoxy) is 2. The van der Waals surface area contributed by atoms with Gasteiger partial charge in [-0.05, 0) is 57.0 Å². The fourth-order valence-corrected chi connectivity index (χ4v) is 5.48. The molecule has 0 bridgehead atoms. The van der Waals surface area contributed by atoms with Crippen molar-refractivity contribution < 1.29 is 19.1 Å². The molecule has 1 saturated heterocycles. The van der Waals surface area contributed by atoms with E-state index < -0.39 is 5.54 Å². The van der Waals surface area contributed by atoms with Crippen molar-refractivity contribution in [2.24, 2.45) is 0 Å². The first kappa shape index (κ1) is 22.3. The Hall–Kier alpha value is -3.48. The summed E-state index contributed by atoms with van der Waals surface area (Å²) in [5, 5.41) is 1.07. The number of likely N-dealkylation sites (N-methyl/N-ethyl adjacent to an activating group) is 1. The fraction of sp³-hybridized carbons (Fsp3) is 0.407. The molecule has 2 aliphatic rings. The predicted molar refractivity (Wildman–Crippen MR) is 130 cm³/mol. The molecule has 0 saturated carbocycles. The minimum Gasteiger partial charge on any atom is -0.493 e. The zero-order chi connectivity index (χ0) is 24.2. The molecule has 3 aromatic rings. The Morgan fingerprint density at radius 3 is 2.62 bits per heavy atom. The van der Waals surface area contributed by atoms with E-state index in [9.17, 15) is 9.59 Å². The number of fused-ring (bicyclic) bond motifs is 5. The van der Waals surface area contributed by atoms with Crippen LogP contribution in [0.25, 0.3) is 10.9 Å². The lowest BCUT2D eigenvalue weighted by atomic mass is 9.76. The van der Waals surface area contributed by atoms with Gasteiger partial charge in [0.2, 0.25) is 5.91 Å². The van der Waals surface area contributed by atoms with Crippen LogP contribution in [0.1, 0.15) is 50.4 Å². The first-order valence-corrected chi connectivity index (χ1v) is 11.8. The minimum absolute atomic E-state index is 0.0221. The first-order chi connectivity index (χ1) is 16.3. The van der Waals surface area contributed by atoms with Crippen molar-refractivity contribution in [3.05, 3.63) is 59.3 Å². The molecule has 1 unspecified atom stereocenters. The van der Waals surface area contributed by atoms with Crippen LogP contribution >= 0.6 is 0 Å². The van der Waals surface area contributed by atoms with Crippen LogP contribution in [0.15, 0.2) is 42.5 Å². The van der Waals surface area contributed by atoms with E-state index in [-0.39, 0.29) is 30.4 Å². The summed E-state index contributed by atoms with van der Waals surface area (Å²) in [6, 6.07) is 14.0. The number of hydrogen-bond acceptors (Lipinski definition) is 4. The molecule has 34 heavy (non-hydrogen) atoms. The van der Waals surface area contributed by atoms with Crippen molar-refractivity contribution in [1.82, 2.24) is 14.8 Å². The van der Waals surface area contributed by atoms with Crippen molar-refractivity contribution in [2.75, 3.05) is 26.7 Å². The maximum Gasteiger partial charge on any atom is 0.254 e. The van der Waals surface area contributed by atoms with Crippen molar-refractivity contribution in [2.45, 2.75) is 45.3 Å². The molecule has 0 spiro atoms. The van der Waals surface area contributed by atoms with Gasteiger partial charge in [0, 0.05) is 29.9 Å². The number of carbonyl (C=O) groups excluding carboxylic acids is 2. The topological polar surface area (TPSA) is 74.9 Å². The van der Waals surface area contributed by atoms with Gasteiger partial charge in [-0.3, -0.25) is 9.59 Å². The predicted octanol–water partition coefficient (Wildman–Crippen LogP) is 4.02. The molecule has 178 valence electrons. The molecule has 2 aromatic carbocycles. The standard InChI is InChI=1S/C27H31N3O4/c1-6-29-15-23(31)30-14-19(17-11-12-21(34-16(2)3)22(13-17)33-5)24-18-9-7-8-10-20(18)28-25(24)27(30,4)26(29)32/h7-13,16,19,28H,6,14-15H2,1-5H3/t19?,27-/m0/s1. The Kier molecular flexibility index (Phi) is 5.30. The van der Waals surface area contributed by atoms with Crippen LogP contribution in [0, 0.1) is 0 Å². The minimum atomic E-state index is -1.07. The molecule has 0 aliphatic carbocycles. The zero-order valence-corrected chi connectivity index (χ0v) is 20.3. The van der Waals surface area contributed by atoms with E-state index in [0.717, 1.165) is 27.7 Å². The number of para-hydroxylation sites is 1. The van der Waals surface area contributed by atoms with Crippen LogP contribution in [0.2, 0.25) is 0 Å². The van der Waals surface area contributed by atoms with Gasteiger partial charge in [0.25, 0.3) is 5.91 Å². The van der Waals surface area contributed by atoms with E-state index in [4.69, 9.17) is 9.47 Å². The third kappa shape index (κ3) is 3.17. The molecule has 1 fully saturated rings. The van der Waals surface area contributed by atoms with Crippen molar-refractivity contribution in [3.63, 3.8) is 0 Å². The molecular weight excluding hydrogens is 430 g/mol. The number of carbonyl (C=O) groups is 2. The molecule has 2 aliphatic heterocycles. The van der Waals surface area contributed by atoms with E-state index in [1.807, 2.05) is 64.1 Å². The summed E-state index contributed by atoms with van der Waals surface area (Å²) in [5.74, 6) is 1.14. The second kappa shape index (κ2) is 8.08. The van der Waals surface area contributed by atoms with Crippen LogP contribution in [0.3, 0.4) is 0 Å². The Morgan fingerprint density at radius 1 is 1.15 bits per heavy atom. The Bertz CT molecular complexity index is 1280. The fourth-order valence-electron chi connectivity index (χ4n) is 5.48. The second-order valence-corrected chi connectivity index (χ2v) is 9.48. The second-order valence-electron chi connectivity index (χ2n) is 9.48. The smallest absolute Gasteiger partial charge is 0.254 e. The van der Waals surface area contributed by atoms with Crippen molar-refractivity contribution in [3.8, 4) is 11.5 Å². The van der Waals surface area contributed by atoms with E-state index in [2.05, 4.69) is 11.1 Å². The number of methoxy groups -OCH3 is 1. The number of amides is 2. The molecular formula is C27H31N3O4. The Balaban J connectivity index is 1.72. The molecule has 3 heterocycles. The van der Waals surface area contributed by atoms with Gasteiger partial charge < -0.3 is 24.3 Å². The molecule has 1 aromatic heterocycles. The number of aromatic nitrogens is 1. The quantitative estimate of drug-likeness (QED) is 0.623. The lowest BCUT2D eigenvalue weighted by Gasteiger charge is -2.51. The highest BCUT2D eigenvalue weighted by molar-refractivity contribution is 6.01. The number of H-pyrrole nitrogens is 1. The van der Waals surface area contributed by atoms with Crippen molar-refractivity contribution >= 4 is 22.7 Å². The molecule has 2 atom stereocenters. The van der Waals surface area contributed by atoms with Gasteiger partial charge in [-0.15, -0.1) is 0 Å². The molecule has 7 nitrogen and oxygen atoms in total. The first-order valence-electron chi connectivity index (χ1n) is 11.8. The summed E-state index contributed by atoms with van der Waals surface area (Å²) in [7, 11) is 1.63. The van der Waals surface area contributed by atoms with Crippen LogP contribution in [-0.2, 0) is 15.1 Å². The monoisotopic (exact) mass is 461 g/mol. The van der Waals surface area contributed by atoms with E-state index in [1.54, 1.807) is 16.9 Å². The van der Waals surface area contributed by atoms with Crippen molar-refractivity contribution in [1.29, 1.82) is 0 Å². The Labute approximate surface area is 199 Å². The van der Waals surface area contributed by atoms with E-state index in [0.29, 0.717) is 24.6 Å². The number of aromatic amines is 1. The van der Waals surface area contributed by atoms with Crippen LogP contribution in [0.5, 0.6) is 11.5 Å². The molecule has 1 N–H and O–H groups in total. The third-order valence-electron chi connectivity index (χ3n) is 7.15. The normalized spacial score (nSPS) is 22.2. The van der Waals surface area contributed by atoms with Gasteiger partial charge in [-0.2, -0.15) is 0 Å². The SMILES string of the molecule is CCN1CC(=O)N2CC(c3ccc(OC(C)C)c(OC)c3)c3c([nH]c4ccccc34)[C@@]2(C)C1=O. The number of piperazine rings is 1. The highest BCUT2D eigenvalue weighted by Gasteiger charge is 2.55. The average molecular weight is 462 g/mol. The number of benzene rings is 2. The van der Waals surface area contributed by atoms with Gasteiger partial charge in [-0.1, -0.05) is 24.3 Å². The number of hydrogen-bond donors (Lipinski definition) is 1. The molecule has 5 rings (SSSR count). The van der Waals surface area contributed by atoms with Gasteiger partial charge in [0.15, 0.2) is 17.0 Å². The van der Waals surface area contributed by atoms with Crippen LogP contribution in [-0.4, -0.2) is 59.4 Å². The lowest BCUT2D eigenvalue weighted by molar-refractivity contribution is -0.166. The van der Waals surface area contributed by atoms with Gasteiger partial charge in [-0.25, -0.2) is 0 Å².